The van der Waals surface area contributed by atoms with Crippen LogP contribution in [0.25, 0.3) is 0 Å². The van der Waals surface area contributed by atoms with Gasteiger partial charge in [-0.05, 0) is 37.1 Å². The van der Waals surface area contributed by atoms with Crippen LogP contribution in [-0.4, -0.2) is 20.9 Å². The highest BCUT2D eigenvalue weighted by Gasteiger charge is 2.18. The van der Waals surface area contributed by atoms with Gasteiger partial charge in [0.2, 0.25) is 0 Å². The molecule has 2 N–H and O–H groups in total. The Bertz CT molecular complexity index is 901. The first-order chi connectivity index (χ1) is 13.1. The van der Waals surface area contributed by atoms with Gasteiger partial charge >= 0.3 is 0 Å². The molecule has 3 heterocycles. The number of nitrogens with zero attached hydrogens (tertiary/aromatic N) is 3. The molecule has 0 aliphatic rings. The SMILES string of the molecule is CCC[C@@H](NC(=O)c1cocn1)c1cnc(Nc2ccc(C)nc2)c(Cl)c1.Cl. The summed E-state index contributed by atoms with van der Waals surface area (Å²) in [4.78, 5) is 24.8. The number of nitrogens with one attached hydrogen (secondary N) is 2. The Hall–Kier alpha value is -2.64. The number of pyridine rings is 2. The fraction of sp³-hybridized carbons (Fsp3) is 0.263. The van der Waals surface area contributed by atoms with Crippen molar-refractivity contribution in [3.63, 3.8) is 0 Å². The molecule has 0 unspecified atom stereocenters. The first-order valence-electron chi connectivity index (χ1n) is 8.61. The van der Waals surface area contributed by atoms with E-state index in [1.165, 1.54) is 12.7 Å². The number of rotatable bonds is 7. The highest BCUT2D eigenvalue weighted by molar-refractivity contribution is 6.33. The number of hydrogen-bond acceptors (Lipinski definition) is 6. The summed E-state index contributed by atoms with van der Waals surface area (Å²) >= 11 is 6.41. The third-order valence-corrected chi connectivity index (χ3v) is 4.27. The number of oxazole rings is 1. The molecule has 3 rings (SSSR count). The van der Waals surface area contributed by atoms with E-state index in [2.05, 4.69) is 25.6 Å². The van der Waals surface area contributed by atoms with Gasteiger partial charge in [0.15, 0.2) is 12.1 Å². The first-order valence-corrected chi connectivity index (χ1v) is 8.98. The second-order valence-corrected chi connectivity index (χ2v) is 6.51. The smallest absolute Gasteiger partial charge is 0.273 e. The van der Waals surface area contributed by atoms with Gasteiger partial charge in [0.05, 0.1) is 22.9 Å². The lowest BCUT2D eigenvalue weighted by Gasteiger charge is -2.19. The predicted octanol–water partition coefficient (Wildman–Crippen LogP) is 4.86. The molecular weight excluding hydrogens is 401 g/mol. The molecule has 9 heteroatoms. The minimum Gasteiger partial charge on any atom is -0.451 e. The Balaban J connectivity index is 0.00000280. The topological polar surface area (TPSA) is 92.9 Å². The number of aryl methyl sites for hydroxylation is 1. The van der Waals surface area contributed by atoms with E-state index >= 15 is 0 Å². The van der Waals surface area contributed by atoms with Gasteiger partial charge in [-0.1, -0.05) is 24.9 Å². The molecule has 148 valence electrons. The standard InChI is InChI=1S/C19H20ClN5O2.ClH/c1-3-4-16(25-19(26)17-10-27-11-23-17)13-7-15(20)18(22-8-13)24-14-6-5-12(2)21-9-14;/h5-11,16H,3-4H2,1-2H3,(H,22,24)(H,25,26);1H/t16-;/m1./s1. The van der Waals surface area contributed by atoms with Gasteiger partial charge in [-0.3, -0.25) is 9.78 Å². The van der Waals surface area contributed by atoms with Crippen LogP contribution < -0.4 is 10.6 Å². The molecule has 1 amide bonds. The molecule has 0 radical (unpaired) electrons. The Morgan fingerprint density at radius 3 is 2.68 bits per heavy atom. The molecule has 0 aliphatic heterocycles. The Labute approximate surface area is 174 Å². The van der Waals surface area contributed by atoms with Gasteiger partial charge in [-0.2, -0.15) is 0 Å². The van der Waals surface area contributed by atoms with Crippen LogP contribution in [0.5, 0.6) is 0 Å². The fourth-order valence-electron chi connectivity index (χ4n) is 2.58. The quantitative estimate of drug-likeness (QED) is 0.565. The van der Waals surface area contributed by atoms with E-state index in [1.54, 1.807) is 12.4 Å². The van der Waals surface area contributed by atoms with Crippen LogP contribution in [0.1, 0.15) is 47.6 Å². The fourth-order valence-corrected chi connectivity index (χ4v) is 2.80. The van der Waals surface area contributed by atoms with Crippen molar-refractivity contribution in [1.82, 2.24) is 20.3 Å². The Morgan fingerprint density at radius 1 is 1.25 bits per heavy atom. The van der Waals surface area contributed by atoms with E-state index in [0.717, 1.165) is 29.8 Å². The molecule has 28 heavy (non-hydrogen) atoms. The highest BCUT2D eigenvalue weighted by Crippen LogP contribution is 2.28. The maximum absolute atomic E-state index is 12.3. The minimum absolute atomic E-state index is 0. The van der Waals surface area contributed by atoms with Crippen LogP contribution in [0.2, 0.25) is 5.02 Å². The van der Waals surface area contributed by atoms with Gasteiger partial charge in [-0.15, -0.1) is 12.4 Å². The summed E-state index contributed by atoms with van der Waals surface area (Å²) in [5, 5.41) is 6.56. The summed E-state index contributed by atoms with van der Waals surface area (Å²) in [5.41, 5.74) is 2.79. The molecule has 0 fully saturated rings. The molecule has 0 saturated carbocycles. The van der Waals surface area contributed by atoms with E-state index < -0.39 is 0 Å². The summed E-state index contributed by atoms with van der Waals surface area (Å²) in [6, 6.07) is 5.40. The largest absolute Gasteiger partial charge is 0.451 e. The van der Waals surface area contributed by atoms with Gasteiger partial charge in [0.25, 0.3) is 5.91 Å². The van der Waals surface area contributed by atoms with E-state index in [0.29, 0.717) is 10.8 Å². The van der Waals surface area contributed by atoms with Crippen LogP contribution in [0.3, 0.4) is 0 Å². The van der Waals surface area contributed by atoms with Crippen molar-refractivity contribution < 1.29 is 9.21 Å². The lowest BCUT2D eigenvalue weighted by atomic mass is 10.0. The lowest BCUT2D eigenvalue weighted by molar-refractivity contribution is 0.0929. The molecular formula is C19H21Cl2N5O2. The summed E-state index contributed by atoms with van der Waals surface area (Å²) in [7, 11) is 0. The van der Waals surface area contributed by atoms with Gasteiger partial charge in [0, 0.05) is 11.9 Å². The average molecular weight is 422 g/mol. The highest BCUT2D eigenvalue weighted by atomic mass is 35.5. The molecule has 1 atom stereocenters. The van der Waals surface area contributed by atoms with Crippen LogP contribution in [0, 0.1) is 6.92 Å². The van der Waals surface area contributed by atoms with E-state index in [1.807, 2.05) is 32.0 Å². The normalized spacial score (nSPS) is 11.4. The van der Waals surface area contributed by atoms with E-state index in [9.17, 15) is 4.79 Å². The number of hydrogen-bond donors (Lipinski definition) is 2. The summed E-state index contributed by atoms with van der Waals surface area (Å²) in [5.74, 6) is 0.232. The van der Waals surface area contributed by atoms with Crippen LogP contribution in [0.4, 0.5) is 11.5 Å². The van der Waals surface area contributed by atoms with Crippen LogP contribution in [-0.2, 0) is 0 Å². The summed E-state index contributed by atoms with van der Waals surface area (Å²) < 4.78 is 4.86. The monoisotopic (exact) mass is 421 g/mol. The minimum atomic E-state index is -0.300. The van der Waals surface area contributed by atoms with E-state index in [4.69, 9.17) is 16.0 Å². The number of halogens is 2. The zero-order valence-corrected chi connectivity index (χ0v) is 17.0. The molecule has 7 nitrogen and oxygen atoms in total. The Morgan fingerprint density at radius 2 is 2.07 bits per heavy atom. The second kappa shape index (κ2) is 10.1. The molecule has 0 spiro atoms. The number of carbonyl (C=O) groups is 1. The first kappa shape index (κ1) is 21.7. The maximum atomic E-state index is 12.3. The van der Waals surface area contributed by atoms with Gasteiger partial charge in [0.1, 0.15) is 12.1 Å². The number of carbonyl (C=O) groups excluding carboxylic acids is 1. The third kappa shape index (κ3) is 5.43. The third-order valence-electron chi connectivity index (χ3n) is 3.99. The average Bonchev–Trinajstić information content (AvgIpc) is 3.20. The van der Waals surface area contributed by atoms with Crippen molar-refractivity contribution in [1.29, 1.82) is 0 Å². The molecule has 0 aromatic carbocycles. The molecule has 3 aromatic heterocycles. The number of amides is 1. The summed E-state index contributed by atoms with van der Waals surface area (Å²) in [6.07, 6.45) is 7.60. The zero-order chi connectivity index (χ0) is 19.2. The van der Waals surface area contributed by atoms with E-state index in [-0.39, 0.29) is 30.0 Å². The summed E-state index contributed by atoms with van der Waals surface area (Å²) in [6.45, 7) is 3.97. The van der Waals surface area contributed by atoms with Crippen LogP contribution in [0.15, 0.2) is 47.7 Å². The maximum Gasteiger partial charge on any atom is 0.273 e. The number of anilines is 2. The van der Waals surface area contributed by atoms with Crippen molar-refractivity contribution in [3.8, 4) is 0 Å². The van der Waals surface area contributed by atoms with Crippen molar-refractivity contribution in [2.75, 3.05) is 5.32 Å². The second-order valence-electron chi connectivity index (χ2n) is 6.10. The van der Waals surface area contributed by atoms with Gasteiger partial charge < -0.3 is 15.1 Å². The molecule has 0 bridgehead atoms. The lowest BCUT2D eigenvalue weighted by Crippen LogP contribution is -2.28. The molecule has 0 saturated heterocycles. The van der Waals surface area contributed by atoms with Crippen LogP contribution >= 0.6 is 24.0 Å². The zero-order valence-electron chi connectivity index (χ0n) is 15.5. The van der Waals surface area contributed by atoms with Crippen molar-refractivity contribution >= 4 is 41.4 Å². The van der Waals surface area contributed by atoms with Crippen molar-refractivity contribution in [3.05, 3.63) is 65.2 Å². The van der Waals surface area contributed by atoms with Crippen molar-refractivity contribution in [2.45, 2.75) is 32.7 Å². The number of aromatic nitrogens is 3. The molecule has 3 aromatic rings. The van der Waals surface area contributed by atoms with Crippen molar-refractivity contribution in [2.24, 2.45) is 0 Å². The van der Waals surface area contributed by atoms with Gasteiger partial charge in [-0.25, -0.2) is 9.97 Å². The predicted molar refractivity (Wildman–Crippen MR) is 110 cm³/mol. The Kier molecular flexibility index (Phi) is 7.78. The molecule has 0 aliphatic carbocycles.